The number of rotatable bonds is 7. The van der Waals surface area contributed by atoms with Crippen LogP contribution >= 0.6 is 9.24 Å². The van der Waals surface area contributed by atoms with Gasteiger partial charge in [-0.25, -0.2) is 4.68 Å². The monoisotopic (exact) mass is 307 g/mol. The minimum atomic E-state index is -0.231. The highest BCUT2D eigenvalue weighted by Gasteiger charge is 2.04. The zero-order valence-electron chi connectivity index (χ0n) is 11.9. The van der Waals surface area contributed by atoms with Crippen LogP contribution in [0.3, 0.4) is 0 Å². The summed E-state index contributed by atoms with van der Waals surface area (Å²) in [5.74, 6) is 0.597. The van der Waals surface area contributed by atoms with E-state index in [1.54, 1.807) is 11.8 Å². The Balaban J connectivity index is 1.85. The van der Waals surface area contributed by atoms with E-state index in [0.29, 0.717) is 25.7 Å². The van der Waals surface area contributed by atoms with E-state index in [-0.39, 0.29) is 5.97 Å². The first-order valence-electron chi connectivity index (χ1n) is 6.59. The van der Waals surface area contributed by atoms with Crippen LogP contribution < -0.4 is 4.74 Å². The minimum absolute atomic E-state index is 0.231. The maximum Gasteiger partial charge on any atom is 0.309 e. The second kappa shape index (κ2) is 7.74. The molecule has 0 radical (unpaired) electrons. The molecule has 1 aromatic heterocycles. The predicted octanol–water partition coefficient (Wildman–Crippen LogP) is 1.30. The van der Waals surface area contributed by atoms with Gasteiger partial charge in [-0.2, -0.15) is 0 Å². The number of hydrogen-bond donors (Lipinski definition) is 0. The molecule has 0 aliphatic carbocycles. The lowest BCUT2D eigenvalue weighted by Gasteiger charge is -2.03. The Bertz CT molecular complexity index is 583. The summed E-state index contributed by atoms with van der Waals surface area (Å²) < 4.78 is 11.9. The van der Waals surface area contributed by atoms with Gasteiger partial charge in [-0.05, 0) is 17.7 Å². The Labute approximate surface area is 125 Å². The molecule has 21 heavy (non-hydrogen) atoms. The Kier molecular flexibility index (Phi) is 5.69. The number of ether oxygens (including phenoxy) is 2. The topological polar surface area (TPSA) is 66.2 Å². The molecule has 0 saturated carbocycles. The van der Waals surface area contributed by atoms with E-state index >= 15 is 0 Å². The normalized spacial score (nSPS) is 10.4. The first kappa shape index (κ1) is 15.4. The van der Waals surface area contributed by atoms with Crippen LogP contribution in [-0.4, -0.2) is 40.8 Å². The van der Waals surface area contributed by atoms with Gasteiger partial charge in [-0.1, -0.05) is 17.3 Å². The number of methoxy groups -OCH3 is 1. The van der Waals surface area contributed by atoms with Crippen LogP contribution in [0.15, 0.2) is 30.5 Å². The Hall–Kier alpha value is -1.94. The fourth-order valence-corrected chi connectivity index (χ4v) is 1.89. The SMILES string of the molecule is COc1ccc(Cn2cc(CCOC(=O)CP)nn2)cc1. The molecule has 0 fully saturated rings. The number of hydrogen-bond acceptors (Lipinski definition) is 5. The summed E-state index contributed by atoms with van der Waals surface area (Å²) in [7, 11) is 3.98. The molecule has 2 rings (SSSR count). The van der Waals surface area contributed by atoms with Crippen LogP contribution in [0.2, 0.25) is 0 Å². The maximum absolute atomic E-state index is 11.0. The molecule has 6 nitrogen and oxygen atoms in total. The molecule has 1 aromatic carbocycles. The molecule has 0 aliphatic heterocycles. The average molecular weight is 307 g/mol. The number of carbonyl (C=O) groups excluding carboxylic acids is 1. The van der Waals surface area contributed by atoms with Crippen molar-refractivity contribution in [2.75, 3.05) is 19.9 Å². The number of aromatic nitrogens is 3. The molecule has 0 aliphatic rings. The average Bonchev–Trinajstić information content (AvgIpc) is 2.95. The van der Waals surface area contributed by atoms with Gasteiger partial charge < -0.3 is 9.47 Å². The highest BCUT2D eigenvalue weighted by molar-refractivity contribution is 7.18. The van der Waals surface area contributed by atoms with Gasteiger partial charge >= 0.3 is 5.97 Å². The molecule has 112 valence electrons. The summed E-state index contributed by atoms with van der Waals surface area (Å²) in [6, 6.07) is 7.80. The van der Waals surface area contributed by atoms with Gasteiger partial charge in [0.05, 0.1) is 32.1 Å². The van der Waals surface area contributed by atoms with Gasteiger partial charge in [0.25, 0.3) is 0 Å². The molecule has 0 spiro atoms. The van der Waals surface area contributed by atoms with Crippen LogP contribution in [0, 0.1) is 0 Å². The van der Waals surface area contributed by atoms with Crippen LogP contribution in [-0.2, 0) is 22.5 Å². The maximum atomic E-state index is 11.0. The number of carbonyl (C=O) groups is 1. The molecule has 7 heteroatoms. The molecule has 0 N–H and O–H groups in total. The van der Waals surface area contributed by atoms with Gasteiger partial charge in [0.2, 0.25) is 0 Å². The third-order valence-corrected chi connectivity index (χ3v) is 3.21. The van der Waals surface area contributed by atoms with Gasteiger partial charge in [0.15, 0.2) is 0 Å². The van der Waals surface area contributed by atoms with Gasteiger partial charge in [0, 0.05) is 12.6 Å². The fraction of sp³-hybridized carbons (Fsp3) is 0.357. The lowest BCUT2D eigenvalue weighted by Crippen LogP contribution is -2.08. The lowest BCUT2D eigenvalue weighted by atomic mass is 10.2. The Morgan fingerprint density at radius 2 is 2.10 bits per heavy atom. The molecular weight excluding hydrogens is 289 g/mol. The quantitative estimate of drug-likeness (QED) is 0.570. The fourth-order valence-electron chi connectivity index (χ4n) is 1.78. The first-order valence-corrected chi connectivity index (χ1v) is 7.40. The summed E-state index contributed by atoms with van der Waals surface area (Å²) in [6.07, 6.45) is 2.74. The summed E-state index contributed by atoms with van der Waals surface area (Å²) >= 11 is 0. The summed E-state index contributed by atoms with van der Waals surface area (Å²) in [5, 5.41) is 8.12. The van der Waals surface area contributed by atoms with Crippen LogP contribution in [0.25, 0.3) is 0 Å². The van der Waals surface area contributed by atoms with Crippen molar-refractivity contribution in [2.45, 2.75) is 13.0 Å². The number of benzene rings is 1. The molecular formula is C14H18N3O3P. The second-order valence-electron chi connectivity index (χ2n) is 4.43. The zero-order chi connectivity index (χ0) is 15.1. The van der Waals surface area contributed by atoms with Gasteiger partial charge in [-0.3, -0.25) is 4.79 Å². The third-order valence-electron chi connectivity index (χ3n) is 2.88. The van der Waals surface area contributed by atoms with E-state index in [2.05, 4.69) is 19.6 Å². The molecule has 0 amide bonds. The predicted molar refractivity (Wildman–Crippen MR) is 81.4 cm³/mol. The van der Waals surface area contributed by atoms with Crippen LogP contribution in [0.5, 0.6) is 5.75 Å². The highest BCUT2D eigenvalue weighted by atomic mass is 31.0. The van der Waals surface area contributed by atoms with E-state index in [1.807, 2.05) is 30.5 Å². The Morgan fingerprint density at radius 1 is 1.33 bits per heavy atom. The molecule has 0 saturated heterocycles. The van der Waals surface area contributed by atoms with Crippen molar-refractivity contribution in [3.05, 3.63) is 41.7 Å². The van der Waals surface area contributed by atoms with Crippen LogP contribution in [0.1, 0.15) is 11.3 Å². The van der Waals surface area contributed by atoms with E-state index in [1.165, 1.54) is 0 Å². The molecule has 1 atom stereocenters. The van der Waals surface area contributed by atoms with E-state index in [4.69, 9.17) is 9.47 Å². The van der Waals surface area contributed by atoms with Crippen molar-refractivity contribution >= 4 is 15.2 Å². The second-order valence-corrected chi connectivity index (χ2v) is 4.84. The van der Waals surface area contributed by atoms with Gasteiger partial charge in [-0.15, -0.1) is 14.3 Å². The smallest absolute Gasteiger partial charge is 0.309 e. The van der Waals surface area contributed by atoms with E-state index in [0.717, 1.165) is 17.0 Å². The van der Waals surface area contributed by atoms with E-state index < -0.39 is 0 Å². The minimum Gasteiger partial charge on any atom is -0.497 e. The summed E-state index contributed by atoms with van der Waals surface area (Å²) in [4.78, 5) is 11.0. The zero-order valence-corrected chi connectivity index (χ0v) is 13.0. The van der Waals surface area contributed by atoms with Crippen molar-refractivity contribution < 1.29 is 14.3 Å². The third kappa shape index (κ3) is 4.83. The van der Waals surface area contributed by atoms with Crippen LogP contribution in [0.4, 0.5) is 0 Å². The lowest BCUT2D eigenvalue weighted by molar-refractivity contribution is -0.140. The van der Waals surface area contributed by atoms with Crippen molar-refractivity contribution in [1.29, 1.82) is 0 Å². The number of nitrogens with zero attached hydrogens (tertiary/aromatic N) is 3. The standard InChI is InChI=1S/C14H18N3O3P/c1-19-13-4-2-11(3-5-13)8-17-9-12(15-16-17)6-7-20-14(18)10-21/h2-5,9H,6-8,10,21H2,1H3. The first-order chi connectivity index (χ1) is 10.2. The number of esters is 1. The molecule has 2 aromatic rings. The van der Waals surface area contributed by atoms with Crippen molar-refractivity contribution in [3.8, 4) is 5.75 Å². The Morgan fingerprint density at radius 3 is 2.76 bits per heavy atom. The summed E-state index contributed by atoms with van der Waals surface area (Å²) in [5.41, 5.74) is 1.92. The van der Waals surface area contributed by atoms with Gasteiger partial charge in [0.1, 0.15) is 5.75 Å². The molecule has 1 unspecified atom stereocenters. The van der Waals surface area contributed by atoms with Crippen molar-refractivity contribution in [1.82, 2.24) is 15.0 Å². The molecule has 0 bridgehead atoms. The highest BCUT2D eigenvalue weighted by Crippen LogP contribution is 2.12. The largest absolute Gasteiger partial charge is 0.497 e. The summed E-state index contributed by atoms with van der Waals surface area (Å²) in [6.45, 7) is 0.969. The molecule has 1 heterocycles. The van der Waals surface area contributed by atoms with E-state index in [9.17, 15) is 4.79 Å². The van der Waals surface area contributed by atoms with Crippen molar-refractivity contribution in [3.63, 3.8) is 0 Å². The van der Waals surface area contributed by atoms with Crippen molar-refractivity contribution in [2.24, 2.45) is 0 Å².